The second-order valence-corrected chi connectivity index (χ2v) is 8.99. The fraction of sp³-hybridized carbons (Fsp3) is 0.600. The number of sulfonamides is 1. The Morgan fingerprint density at radius 3 is 2.52 bits per heavy atom. The Morgan fingerprint density at radius 1 is 1.24 bits per heavy atom. The first-order valence-corrected chi connectivity index (χ1v) is 10.0. The molecule has 6 heteroatoms. The Labute approximate surface area is 131 Å². The largest absolute Gasteiger partial charge is 0.310 e. The molecular formula is C15H22N2O2S2. The van der Waals surface area contributed by atoms with Crippen LogP contribution in [0.5, 0.6) is 0 Å². The predicted molar refractivity (Wildman–Crippen MR) is 87.0 cm³/mol. The standard InChI is InChI=1S/C15H22N2O2S2/c1-17(14-8-9-20-11-14)21(18,19)15-6-2-12(3-7-15)10-16-13-4-5-13/h2-3,6-7,13-14,16H,4-5,8-11H2,1H3. The minimum absolute atomic E-state index is 0.135. The molecule has 1 unspecified atom stereocenters. The van der Waals surface area contributed by atoms with Crippen molar-refractivity contribution in [1.29, 1.82) is 0 Å². The lowest BCUT2D eigenvalue weighted by Gasteiger charge is -2.23. The molecule has 1 aliphatic carbocycles. The van der Waals surface area contributed by atoms with Crippen molar-refractivity contribution in [3.63, 3.8) is 0 Å². The molecule has 116 valence electrons. The summed E-state index contributed by atoms with van der Waals surface area (Å²) in [5.74, 6) is 1.95. The quantitative estimate of drug-likeness (QED) is 0.869. The Kier molecular flexibility index (Phi) is 4.59. The Bertz CT molecular complexity index is 576. The van der Waals surface area contributed by atoms with Crippen LogP contribution in [0.2, 0.25) is 0 Å². The van der Waals surface area contributed by atoms with E-state index in [-0.39, 0.29) is 6.04 Å². The molecule has 0 amide bonds. The molecule has 1 aromatic rings. The van der Waals surface area contributed by atoms with E-state index in [0.717, 1.165) is 30.0 Å². The van der Waals surface area contributed by atoms with Crippen molar-refractivity contribution in [3.8, 4) is 0 Å². The topological polar surface area (TPSA) is 49.4 Å². The van der Waals surface area contributed by atoms with E-state index in [1.165, 1.54) is 12.8 Å². The number of thioether (sulfide) groups is 1. The maximum atomic E-state index is 12.6. The maximum absolute atomic E-state index is 12.6. The number of nitrogens with zero attached hydrogens (tertiary/aromatic N) is 1. The summed E-state index contributed by atoms with van der Waals surface area (Å²) in [4.78, 5) is 0.400. The van der Waals surface area contributed by atoms with E-state index in [1.54, 1.807) is 23.5 Å². The summed E-state index contributed by atoms with van der Waals surface area (Å²) in [6.07, 6.45) is 3.47. The van der Waals surface area contributed by atoms with Crippen molar-refractivity contribution in [1.82, 2.24) is 9.62 Å². The minimum Gasteiger partial charge on any atom is -0.310 e. The summed E-state index contributed by atoms with van der Waals surface area (Å²) in [6.45, 7) is 0.820. The molecule has 0 spiro atoms. The Balaban J connectivity index is 1.68. The monoisotopic (exact) mass is 326 g/mol. The number of benzene rings is 1. The van der Waals surface area contributed by atoms with Gasteiger partial charge < -0.3 is 5.32 Å². The molecule has 2 aliphatic rings. The molecule has 0 aromatic heterocycles. The van der Waals surface area contributed by atoms with Gasteiger partial charge in [0.05, 0.1) is 4.90 Å². The predicted octanol–water partition coefficient (Wildman–Crippen LogP) is 2.06. The third-order valence-corrected chi connectivity index (χ3v) is 7.26. The lowest BCUT2D eigenvalue weighted by molar-refractivity contribution is 0.394. The molecule has 3 rings (SSSR count). The number of nitrogens with one attached hydrogen (secondary N) is 1. The highest BCUT2D eigenvalue weighted by molar-refractivity contribution is 7.99. The highest BCUT2D eigenvalue weighted by Gasteiger charge is 2.30. The van der Waals surface area contributed by atoms with E-state index in [0.29, 0.717) is 10.9 Å². The van der Waals surface area contributed by atoms with Crippen LogP contribution in [-0.4, -0.2) is 43.4 Å². The number of rotatable bonds is 6. The maximum Gasteiger partial charge on any atom is 0.243 e. The highest BCUT2D eigenvalue weighted by atomic mass is 32.2. The molecule has 21 heavy (non-hydrogen) atoms. The van der Waals surface area contributed by atoms with Gasteiger partial charge in [-0.15, -0.1) is 0 Å². The fourth-order valence-electron chi connectivity index (χ4n) is 2.50. The molecular weight excluding hydrogens is 304 g/mol. The molecule has 1 N–H and O–H groups in total. The lowest BCUT2D eigenvalue weighted by atomic mass is 10.2. The van der Waals surface area contributed by atoms with Crippen molar-refractivity contribution in [2.75, 3.05) is 18.6 Å². The van der Waals surface area contributed by atoms with Crippen LogP contribution in [0.25, 0.3) is 0 Å². The van der Waals surface area contributed by atoms with Gasteiger partial charge in [0.15, 0.2) is 0 Å². The van der Waals surface area contributed by atoms with E-state index < -0.39 is 10.0 Å². The smallest absolute Gasteiger partial charge is 0.243 e. The molecule has 2 fully saturated rings. The van der Waals surface area contributed by atoms with Crippen LogP contribution < -0.4 is 5.32 Å². The van der Waals surface area contributed by atoms with Crippen molar-refractivity contribution in [3.05, 3.63) is 29.8 Å². The molecule has 1 aliphatic heterocycles. The first-order chi connectivity index (χ1) is 10.1. The third-order valence-electron chi connectivity index (χ3n) is 4.19. The number of hydrogen-bond acceptors (Lipinski definition) is 4. The first-order valence-electron chi connectivity index (χ1n) is 7.45. The first kappa shape index (κ1) is 15.3. The van der Waals surface area contributed by atoms with E-state index in [9.17, 15) is 8.42 Å². The van der Waals surface area contributed by atoms with Gasteiger partial charge in [0, 0.05) is 31.4 Å². The van der Waals surface area contributed by atoms with Crippen LogP contribution in [0.15, 0.2) is 29.2 Å². The lowest BCUT2D eigenvalue weighted by Crippen LogP contribution is -2.36. The van der Waals surface area contributed by atoms with Crippen LogP contribution in [-0.2, 0) is 16.6 Å². The summed E-state index contributed by atoms with van der Waals surface area (Å²) in [7, 11) is -1.66. The molecule has 1 atom stereocenters. The van der Waals surface area contributed by atoms with Gasteiger partial charge in [0.1, 0.15) is 0 Å². The van der Waals surface area contributed by atoms with Crippen molar-refractivity contribution in [2.24, 2.45) is 0 Å². The van der Waals surface area contributed by atoms with Crippen LogP contribution >= 0.6 is 11.8 Å². The summed E-state index contributed by atoms with van der Waals surface area (Å²) >= 11 is 1.83. The number of hydrogen-bond donors (Lipinski definition) is 1. The van der Waals surface area contributed by atoms with Crippen LogP contribution in [0.3, 0.4) is 0 Å². The van der Waals surface area contributed by atoms with Gasteiger partial charge in [-0.2, -0.15) is 16.1 Å². The Morgan fingerprint density at radius 2 is 1.95 bits per heavy atom. The molecule has 1 aromatic carbocycles. The van der Waals surface area contributed by atoms with Gasteiger partial charge in [-0.3, -0.25) is 0 Å². The summed E-state index contributed by atoms with van der Waals surface area (Å²) < 4.78 is 26.8. The molecule has 4 nitrogen and oxygen atoms in total. The average Bonchev–Trinajstić information content (AvgIpc) is 3.16. The minimum atomic E-state index is -3.36. The molecule has 0 radical (unpaired) electrons. The second kappa shape index (κ2) is 6.28. The van der Waals surface area contributed by atoms with E-state index >= 15 is 0 Å². The summed E-state index contributed by atoms with van der Waals surface area (Å²) in [5, 5.41) is 3.44. The van der Waals surface area contributed by atoms with Crippen LogP contribution in [0, 0.1) is 0 Å². The molecule has 0 bridgehead atoms. The molecule has 1 saturated heterocycles. The van der Waals surface area contributed by atoms with E-state index in [4.69, 9.17) is 0 Å². The van der Waals surface area contributed by atoms with Crippen molar-refractivity contribution < 1.29 is 8.42 Å². The van der Waals surface area contributed by atoms with Crippen LogP contribution in [0.1, 0.15) is 24.8 Å². The molecule has 1 heterocycles. The Hall–Kier alpha value is -0.560. The van der Waals surface area contributed by atoms with Crippen LogP contribution in [0.4, 0.5) is 0 Å². The zero-order chi connectivity index (χ0) is 14.9. The SMILES string of the molecule is CN(C1CCSC1)S(=O)(=O)c1ccc(CNC2CC2)cc1. The van der Waals surface area contributed by atoms with Gasteiger partial charge in [0.25, 0.3) is 0 Å². The normalized spacial score (nSPS) is 22.9. The van der Waals surface area contributed by atoms with Gasteiger partial charge in [0.2, 0.25) is 10.0 Å². The zero-order valence-corrected chi connectivity index (χ0v) is 13.9. The fourth-order valence-corrected chi connectivity index (χ4v) is 5.25. The zero-order valence-electron chi connectivity index (χ0n) is 12.3. The average molecular weight is 326 g/mol. The summed E-state index contributed by atoms with van der Waals surface area (Å²) in [5.41, 5.74) is 1.14. The van der Waals surface area contributed by atoms with Gasteiger partial charge in [-0.1, -0.05) is 12.1 Å². The van der Waals surface area contributed by atoms with E-state index in [2.05, 4.69) is 5.32 Å². The summed E-state index contributed by atoms with van der Waals surface area (Å²) in [6, 6.07) is 8.10. The van der Waals surface area contributed by atoms with Gasteiger partial charge in [-0.05, 0) is 42.7 Å². The second-order valence-electron chi connectivity index (χ2n) is 5.84. The van der Waals surface area contributed by atoms with Gasteiger partial charge >= 0.3 is 0 Å². The molecule has 1 saturated carbocycles. The van der Waals surface area contributed by atoms with Crippen molar-refractivity contribution in [2.45, 2.75) is 42.8 Å². The third kappa shape index (κ3) is 3.62. The van der Waals surface area contributed by atoms with Gasteiger partial charge in [-0.25, -0.2) is 8.42 Å². The van der Waals surface area contributed by atoms with Crippen molar-refractivity contribution >= 4 is 21.8 Å². The highest BCUT2D eigenvalue weighted by Crippen LogP contribution is 2.26. The van der Waals surface area contributed by atoms with E-state index in [1.807, 2.05) is 23.9 Å².